The molecule has 0 radical (unpaired) electrons. The number of nitrogens with one attached hydrogen (secondary N) is 2. The summed E-state index contributed by atoms with van der Waals surface area (Å²) >= 11 is 0. The van der Waals surface area contributed by atoms with E-state index in [9.17, 15) is 9.18 Å². The molecule has 0 bridgehead atoms. The molecule has 1 heterocycles. The van der Waals surface area contributed by atoms with Gasteiger partial charge in [-0.1, -0.05) is 12.1 Å². The summed E-state index contributed by atoms with van der Waals surface area (Å²) in [6.07, 6.45) is 1.46. The first-order chi connectivity index (χ1) is 11.9. The lowest BCUT2D eigenvalue weighted by Crippen LogP contribution is -2.31. The topological polar surface area (TPSA) is 129 Å². The Labute approximate surface area is 142 Å². The van der Waals surface area contributed by atoms with Crippen molar-refractivity contribution in [3.8, 4) is 0 Å². The molecule has 0 saturated heterocycles. The van der Waals surface area contributed by atoms with E-state index in [1.165, 1.54) is 18.4 Å². The Kier molecular flexibility index (Phi) is 8.38. The van der Waals surface area contributed by atoms with E-state index in [-0.39, 0.29) is 11.7 Å². The number of benzene rings is 1. The number of furan rings is 1. The van der Waals surface area contributed by atoms with Gasteiger partial charge in [-0.25, -0.2) is 14.0 Å². The average Bonchev–Trinajstić information content (AvgIpc) is 3.11. The van der Waals surface area contributed by atoms with Gasteiger partial charge in [0.25, 0.3) is 5.91 Å². The van der Waals surface area contributed by atoms with E-state index in [0.717, 1.165) is 5.56 Å². The molecule has 0 saturated carbocycles. The third-order valence-electron chi connectivity index (χ3n) is 2.76. The normalized spacial score (nSPS) is 9.64. The van der Waals surface area contributed by atoms with Crippen LogP contribution >= 0.6 is 0 Å². The van der Waals surface area contributed by atoms with Crippen LogP contribution in [0.25, 0.3) is 0 Å². The summed E-state index contributed by atoms with van der Waals surface area (Å²) in [6.45, 7) is 1.77. The SMILES string of the molecule is O=C(NCCNCc1ccc(F)cc1)c1ccco1.O=C(O)C(=O)O. The van der Waals surface area contributed by atoms with Crippen LogP contribution in [0.15, 0.2) is 47.1 Å². The van der Waals surface area contributed by atoms with Crippen molar-refractivity contribution >= 4 is 17.8 Å². The maximum absolute atomic E-state index is 12.7. The molecule has 1 aromatic carbocycles. The van der Waals surface area contributed by atoms with Gasteiger partial charge < -0.3 is 25.3 Å². The van der Waals surface area contributed by atoms with Crippen molar-refractivity contribution in [1.82, 2.24) is 10.6 Å². The first kappa shape index (κ1) is 19.8. The van der Waals surface area contributed by atoms with Crippen molar-refractivity contribution in [2.24, 2.45) is 0 Å². The molecule has 8 nitrogen and oxygen atoms in total. The average molecular weight is 352 g/mol. The molecular weight excluding hydrogens is 335 g/mol. The fourth-order valence-corrected chi connectivity index (χ4v) is 1.59. The fourth-order valence-electron chi connectivity index (χ4n) is 1.59. The minimum atomic E-state index is -1.82. The van der Waals surface area contributed by atoms with Gasteiger partial charge in [0.05, 0.1) is 6.26 Å². The number of hydrogen-bond acceptors (Lipinski definition) is 5. The minimum absolute atomic E-state index is 0.228. The Morgan fingerprint density at radius 3 is 2.16 bits per heavy atom. The molecule has 2 rings (SSSR count). The Balaban J connectivity index is 0.000000450. The Morgan fingerprint density at radius 2 is 1.64 bits per heavy atom. The van der Waals surface area contributed by atoms with E-state index in [0.29, 0.717) is 25.4 Å². The predicted octanol–water partition coefficient (Wildman–Crippen LogP) is 1.09. The number of hydrogen-bond donors (Lipinski definition) is 4. The quantitative estimate of drug-likeness (QED) is 0.452. The van der Waals surface area contributed by atoms with Crippen molar-refractivity contribution in [3.63, 3.8) is 0 Å². The molecule has 2 aromatic rings. The van der Waals surface area contributed by atoms with Crippen LogP contribution in [0.1, 0.15) is 16.1 Å². The Bertz CT molecular complexity index is 673. The van der Waals surface area contributed by atoms with Crippen molar-refractivity contribution in [1.29, 1.82) is 0 Å². The molecule has 0 unspecified atom stereocenters. The zero-order valence-corrected chi connectivity index (χ0v) is 13.1. The number of carboxylic acids is 2. The van der Waals surface area contributed by atoms with Gasteiger partial charge in [-0.05, 0) is 29.8 Å². The second-order valence-electron chi connectivity index (χ2n) is 4.65. The first-order valence-electron chi connectivity index (χ1n) is 7.13. The molecular formula is C16H17FN2O6. The molecule has 0 aliphatic heterocycles. The van der Waals surface area contributed by atoms with E-state index in [1.807, 2.05) is 0 Å². The van der Waals surface area contributed by atoms with Crippen LogP contribution in [-0.2, 0) is 16.1 Å². The lowest BCUT2D eigenvalue weighted by Gasteiger charge is -2.06. The third-order valence-corrected chi connectivity index (χ3v) is 2.76. The second-order valence-corrected chi connectivity index (χ2v) is 4.65. The number of aliphatic carboxylic acids is 2. The van der Waals surface area contributed by atoms with Crippen LogP contribution in [0.2, 0.25) is 0 Å². The monoisotopic (exact) mass is 352 g/mol. The maximum Gasteiger partial charge on any atom is 0.414 e. The molecule has 0 spiro atoms. The van der Waals surface area contributed by atoms with Gasteiger partial charge in [0.1, 0.15) is 5.82 Å². The molecule has 0 aliphatic carbocycles. The number of halogens is 1. The predicted molar refractivity (Wildman–Crippen MR) is 84.4 cm³/mol. The van der Waals surface area contributed by atoms with Gasteiger partial charge in [-0.2, -0.15) is 0 Å². The molecule has 134 valence electrons. The summed E-state index contributed by atoms with van der Waals surface area (Å²) in [7, 11) is 0. The van der Waals surface area contributed by atoms with Crippen LogP contribution in [0.3, 0.4) is 0 Å². The van der Waals surface area contributed by atoms with Crippen LogP contribution < -0.4 is 10.6 Å². The number of carboxylic acid groups (broad SMARTS) is 2. The highest BCUT2D eigenvalue weighted by atomic mass is 19.1. The number of carbonyl (C=O) groups is 3. The zero-order valence-electron chi connectivity index (χ0n) is 13.1. The van der Waals surface area contributed by atoms with E-state index >= 15 is 0 Å². The third kappa shape index (κ3) is 8.28. The summed E-state index contributed by atoms with van der Waals surface area (Å²) < 4.78 is 17.6. The molecule has 0 fully saturated rings. The van der Waals surface area contributed by atoms with E-state index in [2.05, 4.69) is 10.6 Å². The number of carbonyl (C=O) groups excluding carboxylic acids is 1. The fraction of sp³-hybridized carbons (Fsp3) is 0.188. The van der Waals surface area contributed by atoms with Crippen LogP contribution in [0, 0.1) is 5.82 Å². The molecule has 1 aromatic heterocycles. The van der Waals surface area contributed by atoms with Gasteiger partial charge in [-0.15, -0.1) is 0 Å². The van der Waals surface area contributed by atoms with Crippen molar-refractivity contribution in [2.75, 3.05) is 13.1 Å². The zero-order chi connectivity index (χ0) is 18.7. The number of rotatable bonds is 6. The second kappa shape index (κ2) is 10.6. The summed E-state index contributed by atoms with van der Waals surface area (Å²) in [5, 5.41) is 20.7. The highest BCUT2D eigenvalue weighted by Gasteiger charge is 2.06. The molecule has 1 amide bonds. The smallest absolute Gasteiger partial charge is 0.414 e. The van der Waals surface area contributed by atoms with Crippen LogP contribution in [0.4, 0.5) is 4.39 Å². The summed E-state index contributed by atoms with van der Waals surface area (Å²) in [5.74, 6) is -3.81. The van der Waals surface area contributed by atoms with Crippen LogP contribution in [0.5, 0.6) is 0 Å². The molecule has 0 aliphatic rings. The van der Waals surface area contributed by atoms with Crippen LogP contribution in [-0.4, -0.2) is 41.1 Å². The van der Waals surface area contributed by atoms with Gasteiger partial charge in [0.2, 0.25) is 0 Å². The maximum atomic E-state index is 12.7. The Morgan fingerprint density at radius 1 is 1.00 bits per heavy atom. The molecule has 4 N–H and O–H groups in total. The highest BCUT2D eigenvalue weighted by Crippen LogP contribution is 2.01. The number of amides is 1. The van der Waals surface area contributed by atoms with Crippen molar-refractivity contribution in [3.05, 3.63) is 59.8 Å². The lowest BCUT2D eigenvalue weighted by atomic mass is 10.2. The molecule has 9 heteroatoms. The van der Waals surface area contributed by atoms with E-state index < -0.39 is 11.9 Å². The molecule has 0 atom stereocenters. The minimum Gasteiger partial charge on any atom is -0.473 e. The Hall–Kier alpha value is -3.20. The van der Waals surface area contributed by atoms with Gasteiger partial charge >= 0.3 is 11.9 Å². The van der Waals surface area contributed by atoms with Crippen molar-refractivity contribution < 1.29 is 33.4 Å². The van der Waals surface area contributed by atoms with Gasteiger partial charge in [0, 0.05) is 19.6 Å². The summed E-state index contributed by atoms with van der Waals surface area (Å²) in [5.41, 5.74) is 0.999. The van der Waals surface area contributed by atoms with Crippen molar-refractivity contribution in [2.45, 2.75) is 6.54 Å². The summed E-state index contributed by atoms with van der Waals surface area (Å²) in [6, 6.07) is 9.59. The van der Waals surface area contributed by atoms with E-state index in [1.54, 1.807) is 24.3 Å². The highest BCUT2D eigenvalue weighted by molar-refractivity contribution is 6.27. The first-order valence-corrected chi connectivity index (χ1v) is 7.13. The summed E-state index contributed by atoms with van der Waals surface area (Å²) in [4.78, 5) is 29.7. The lowest BCUT2D eigenvalue weighted by molar-refractivity contribution is -0.159. The largest absolute Gasteiger partial charge is 0.473 e. The van der Waals surface area contributed by atoms with Gasteiger partial charge in [0.15, 0.2) is 5.76 Å². The van der Waals surface area contributed by atoms with E-state index in [4.69, 9.17) is 24.2 Å². The molecule has 25 heavy (non-hydrogen) atoms. The standard InChI is InChI=1S/C14H15FN2O2.C2H2O4/c15-12-5-3-11(4-6-12)10-16-7-8-17-14(18)13-2-1-9-19-13;3-1(4)2(5)6/h1-6,9,16H,7-8,10H2,(H,17,18);(H,3,4)(H,5,6). The van der Waals surface area contributed by atoms with Gasteiger partial charge in [-0.3, -0.25) is 4.79 Å².